The molecule has 52 valence electrons. The minimum absolute atomic E-state index is 0.164. The molecular formula is C7H13NO. The van der Waals surface area contributed by atoms with Crippen LogP contribution >= 0.6 is 0 Å². The number of ketones is 1. The molecule has 0 unspecified atom stereocenters. The summed E-state index contributed by atoms with van der Waals surface area (Å²) in [5.41, 5.74) is 5.99. The molecule has 1 aliphatic carbocycles. The van der Waals surface area contributed by atoms with E-state index < -0.39 is 0 Å². The fraction of sp³-hybridized carbons (Fsp3) is 0.571. The lowest BCUT2D eigenvalue weighted by molar-refractivity contribution is -0.114. The van der Waals surface area contributed by atoms with Gasteiger partial charge in [0.15, 0.2) is 5.78 Å². The van der Waals surface area contributed by atoms with Gasteiger partial charge in [0, 0.05) is 12.1 Å². The van der Waals surface area contributed by atoms with Crippen LogP contribution in [-0.4, -0.2) is 5.78 Å². The molecule has 2 heteroatoms. The second-order valence-corrected chi connectivity index (χ2v) is 1.69. The van der Waals surface area contributed by atoms with E-state index in [0.29, 0.717) is 6.42 Å². The molecule has 0 aromatic heterocycles. The van der Waals surface area contributed by atoms with E-state index in [1.165, 1.54) is 6.08 Å². The van der Waals surface area contributed by atoms with Crippen LogP contribution in [0.2, 0.25) is 0 Å². The van der Waals surface area contributed by atoms with E-state index in [1.807, 2.05) is 13.8 Å². The van der Waals surface area contributed by atoms with Crippen LogP contribution in [0.4, 0.5) is 0 Å². The van der Waals surface area contributed by atoms with Crippen LogP contribution in [0.5, 0.6) is 0 Å². The summed E-state index contributed by atoms with van der Waals surface area (Å²) in [6, 6.07) is 0. The molecule has 0 saturated heterocycles. The van der Waals surface area contributed by atoms with Crippen LogP contribution in [0.15, 0.2) is 11.8 Å². The Morgan fingerprint density at radius 2 is 2.00 bits per heavy atom. The fourth-order valence-corrected chi connectivity index (χ4v) is 0.619. The second-order valence-electron chi connectivity index (χ2n) is 1.69. The minimum atomic E-state index is 0.164. The van der Waals surface area contributed by atoms with Crippen molar-refractivity contribution in [3.05, 3.63) is 11.8 Å². The SMILES string of the molecule is CC.NC1=CC(=O)CC1. The van der Waals surface area contributed by atoms with E-state index in [-0.39, 0.29) is 5.78 Å². The molecule has 2 nitrogen and oxygen atoms in total. The highest BCUT2D eigenvalue weighted by atomic mass is 16.1. The summed E-state index contributed by atoms with van der Waals surface area (Å²) in [6.45, 7) is 4.00. The topological polar surface area (TPSA) is 43.1 Å². The summed E-state index contributed by atoms with van der Waals surface area (Å²) >= 11 is 0. The van der Waals surface area contributed by atoms with Gasteiger partial charge in [-0.15, -0.1) is 0 Å². The number of allylic oxidation sites excluding steroid dienone is 2. The van der Waals surface area contributed by atoms with E-state index in [2.05, 4.69) is 0 Å². The smallest absolute Gasteiger partial charge is 0.157 e. The van der Waals surface area contributed by atoms with E-state index >= 15 is 0 Å². The molecule has 1 rings (SSSR count). The number of carbonyl (C=O) groups excluding carboxylic acids is 1. The number of carbonyl (C=O) groups is 1. The van der Waals surface area contributed by atoms with Gasteiger partial charge in [-0.1, -0.05) is 13.8 Å². The van der Waals surface area contributed by atoms with E-state index in [0.717, 1.165) is 12.1 Å². The van der Waals surface area contributed by atoms with Crippen molar-refractivity contribution in [2.75, 3.05) is 0 Å². The number of nitrogens with two attached hydrogens (primary N) is 1. The Morgan fingerprint density at radius 1 is 1.44 bits per heavy atom. The highest BCUT2D eigenvalue weighted by Crippen LogP contribution is 2.07. The zero-order chi connectivity index (χ0) is 7.28. The zero-order valence-electron chi connectivity index (χ0n) is 5.98. The average molecular weight is 127 g/mol. The summed E-state index contributed by atoms with van der Waals surface area (Å²) in [4.78, 5) is 10.3. The summed E-state index contributed by atoms with van der Waals surface area (Å²) in [5, 5.41) is 0. The van der Waals surface area contributed by atoms with Gasteiger partial charge >= 0.3 is 0 Å². The summed E-state index contributed by atoms with van der Waals surface area (Å²) < 4.78 is 0. The van der Waals surface area contributed by atoms with Crippen molar-refractivity contribution >= 4 is 5.78 Å². The standard InChI is InChI=1S/C5H7NO.C2H6/c6-4-1-2-5(7)3-4;1-2/h3H,1-2,6H2;1-2H3. The second kappa shape index (κ2) is 4.13. The van der Waals surface area contributed by atoms with Crippen molar-refractivity contribution in [1.82, 2.24) is 0 Å². The lowest BCUT2D eigenvalue weighted by atomic mass is 10.3. The lowest BCUT2D eigenvalue weighted by Gasteiger charge is -1.80. The Morgan fingerprint density at radius 3 is 2.11 bits per heavy atom. The molecule has 0 amide bonds. The average Bonchev–Trinajstić information content (AvgIpc) is 2.20. The molecule has 0 fully saturated rings. The monoisotopic (exact) mass is 127 g/mol. The van der Waals surface area contributed by atoms with Crippen LogP contribution in [0.1, 0.15) is 26.7 Å². The first-order valence-electron chi connectivity index (χ1n) is 3.28. The van der Waals surface area contributed by atoms with Gasteiger partial charge in [0.05, 0.1) is 0 Å². The van der Waals surface area contributed by atoms with Crippen molar-refractivity contribution in [1.29, 1.82) is 0 Å². The highest BCUT2D eigenvalue weighted by molar-refractivity contribution is 5.92. The molecule has 0 saturated carbocycles. The third kappa shape index (κ3) is 2.90. The third-order valence-electron chi connectivity index (χ3n) is 1.01. The summed E-state index contributed by atoms with van der Waals surface area (Å²) in [5.74, 6) is 0.164. The molecule has 0 heterocycles. The first-order valence-corrected chi connectivity index (χ1v) is 3.28. The zero-order valence-corrected chi connectivity index (χ0v) is 5.98. The van der Waals surface area contributed by atoms with Gasteiger partial charge in [0.1, 0.15) is 0 Å². The molecular weight excluding hydrogens is 114 g/mol. The van der Waals surface area contributed by atoms with Gasteiger partial charge in [0.25, 0.3) is 0 Å². The fourth-order valence-electron chi connectivity index (χ4n) is 0.619. The quantitative estimate of drug-likeness (QED) is 0.531. The Labute approximate surface area is 55.7 Å². The molecule has 0 aromatic carbocycles. The van der Waals surface area contributed by atoms with Crippen molar-refractivity contribution in [2.45, 2.75) is 26.7 Å². The van der Waals surface area contributed by atoms with Crippen molar-refractivity contribution in [3.8, 4) is 0 Å². The molecule has 0 aromatic rings. The molecule has 2 N–H and O–H groups in total. The normalized spacial score (nSPS) is 16.2. The maximum Gasteiger partial charge on any atom is 0.157 e. The van der Waals surface area contributed by atoms with E-state index in [9.17, 15) is 4.79 Å². The highest BCUT2D eigenvalue weighted by Gasteiger charge is 2.06. The number of hydrogen-bond acceptors (Lipinski definition) is 2. The number of rotatable bonds is 0. The Bertz CT molecular complexity index is 127. The molecule has 0 spiro atoms. The van der Waals surface area contributed by atoms with Crippen molar-refractivity contribution < 1.29 is 4.79 Å². The lowest BCUT2D eigenvalue weighted by Crippen LogP contribution is -1.89. The van der Waals surface area contributed by atoms with Gasteiger partial charge in [-0.25, -0.2) is 0 Å². The number of hydrogen-bond donors (Lipinski definition) is 1. The van der Waals surface area contributed by atoms with Crippen LogP contribution in [-0.2, 0) is 4.79 Å². The largest absolute Gasteiger partial charge is 0.402 e. The Kier molecular flexibility index (Phi) is 3.76. The Hall–Kier alpha value is -0.790. The molecule has 0 atom stereocenters. The maximum atomic E-state index is 10.3. The Balaban J connectivity index is 0.000000291. The van der Waals surface area contributed by atoms with Gasteiger partial charge in [-0.3, -0.25) is 4.79 Å². The van der Waals surface area contributed by atoms with Crippen LogP contribution in [0.25, 0.3) is 0 Å². The molecule has 1 aliphatic rings. The minimum Gasteiger partial charge on any atom is -0.402 e. The van der Waals surface area contributed by atoms with Gasteiger partial charge < -0.3 is 5.73 Å². The third-order valence-corrected chi connectivity index (χ3v) is 1.01. The maximum absolute atomic E-state index is 10.3. The predicted octanol–water partition coefficient (Wildman–Crippen LogP) is 1.22. The van der Waals surface area contributed by atoms with Crippen LogP contribution < -0.4 is 5.73 Å². The van der Waals surface area contributed by atoms with Crippen molar-refractivity contribution in [3.63, 3.8) is 0 Å². The van der Waals surface area contributed by atoms with E-state index in [1.54, 1.807) is 0 Å². The molecule has 0 aliphatic heterocycles. The molecule has 9 heavy (non-hydrogen) atoms. The molecule has 0 radical (unpaired) electrons. The predicted molar refractivity (Wildman–Crippen MR) is 37.9 cm³/mol. The van der Waals surface area contributed by atoms with Gasteiger partial charge in [-0.2, -0.15) is 0 Å². The summed E-state index contributed by atoms with van der Waals surface area (Å²) in [6.07, 6.45) is 2.88. The van der Waals surface area contributed by atoms with Gasteiger partial charge in [-0.05, 0) is 12.5 Å². The van der Waals surface area contributed by atoms with E-state index in [4.69, 9.17) is 5.73 Å². The molecule has 0 bridgehead atoms. The van der Waals surface area contributed by atoms with Gasteiger partial charge in [0.2, 0.25) is 0 Å². The summed E-state index contributed by atoms with van der Waals surface area (Å²) in [7, 11) is 0. The van der Waals surface area contributed by atoms with Crippen LogP contribution in [0.3, 0.4) is 0 Å². The van der Waals surface area contributed by atoms with Crippen LogP contribution in [0, 0.1) is 0 Å². The first kappa shape index (κ1) is 8.21. The van der Waals surface area contributed by atoms with Crippen molar-refractivity contribution in [2.24, 2.45) is 5.73 Å². The first-order chi connectivity index (χ1) is 4.29.